The van der Waals surface area contributed by atoms with E-state index >= 15 is 0 Å². The number of anilines is 2. The van der Waals surface area contributed by atoms with Crippen molar-refractivity contribution in [1.82, 2.24) is 25.1 Å². The molecule has 3 N–H and O–H groups in total. The van der Waals surface area contributed by atoms with Gasteiger partial charge < -0.3 is 15.2 Å². The molecule has 0 bridgehead atoms. The van der Waals surface area contributed by atoms with Crippen molar-refractivity contribution < 1.29 is 4.79 Å². The molecule has 1 aliphatic heterocycles. The fourth-order valence-corrected chi connectivity index (χ4v) is 4.30. The molecule has 4 aromatic rings. The van der Waals surface area contributed by atoms with E-state index < -0.39 is 0 Å². The van der Waals surface area contributed by atoms with E-state index in [9.17, 15) is 4.79 Å². The number of benzene rings is 1. The molecule has 4 heterocycles. The highest BCUT2D eigenvalue weighted by atomic mass is 16.2. The summed E-state index contributed by atoms with van der Waals surface area (Å²) in [5, 5.41) is 12.7. The van der Waals surface area contributed by atoms with Crippen molar-refractivity contribution in [3.63, 3.8) is 0 Å². The molecule has 1 aliphatic rings. The molecule has 8 nitrogen and oxygen atoms in total. The van der Waals surface area contributed by atoms with E-state index in [0.29, 0.717) is 19.5 Å². The number of aromatic amines is 2. The van der Waals surface area contributed by atoms with Gasteiger partial charge in [-0.25, -0.2) is 4.98 Å². The lowest BCUT2D eigenvalue weighted by Crippen LogP contribution is -2.34. The molecule has 0 saturated carbocycles. The Labute approximate surface area is 197 Å². The summed E-state index contributed by atoms with van der Waals surface area (Å²) in [7, 11) is 1.72. The molecule has 0 saturated heterocycles. The van der Waals surface area contributed by atoms with Crippen LogP contribution in [0.1, 0.15) is 25.5 Å². The fraction of sp³-hybridized carbons (Fsp3) is 0.231. The van der Waals surface area contributed by atoms with Crippen LogP contribution in [-0.2, 0) is 4.79 Å². The predicted molar refractivity (Wildman–Crippen MR) is 137 cm³/mol. The van der Waals surface area contributed by atoms with E-state index in [-0.39, 0.29) is 5.91 Å². The highest BCUT2D eigenvalue weighted by Gasteiger charge is 2.20. The number of H-pyrrole nitrogens is 2. The summed E-state index contributed by atoms with van der Waals surface area (Å²) >= 11 is 0. The van der Waals surface area contributed by atoms with Crippen molar-refractivity contribution in [3.8, 4) is 0 Å². The van der Waals surface area contributed by atoms with Gasteiger partial charge in [0.2, 0.25) is 5.91 Å². The Morgan fingerprint density at radius 2 is 2.21 bits per heavy atom. The molecule has 1 aromatic carbocycles. The average molecular weight is 454 g/mol. The van der Waals surface area contributed by atoms with Crippen molar-refractivity contribution in [3.05, 3.63) is 66.1 Å². The Kier molecular flexibility index (Phi) is 5.95. The van der Waals surface area contributed by atoms with Crippen LogP contribution in [0.5, 0.6) is 0 Å². The van der Waals surface area contributed by atoms with Crippen LogP contribution in [0.3, 0.4) is 0 Å². The average Bonchev–Trinajstić information content (AvgIpc) is 3.51. The van der Waals surface area contributed by atoms with Crippen LogP contribution in [0.15, 0.2) is 65.4 Å². The van der Waals surface area contributed by atoms with Crippen molar-refractivity contribution >= 4 is 51.0 Å². The fourth-order valence-electron chi connectivity index (χ4n) is 4.30. The Hall–Kier alpha value is -4.20. The van der Waals surface area contributed by atoms with Gasteiger partial charge in [-0.2, -0.15) is 5.10 Å². The van der Waals surface area contributed by atoms with Gasteiger partial charge >= 0.3 is 0 Å². The van der Waals surface area contributed by atoms with E-state index in [4.69, 9.17) is 0 Å². The predicted octanol–water partition coefficient (Wildman–Crippen LogP) is 4.84. The molecule has 5 rings (SSSR count). The summed E-state index contributed by atoms with van der Waals surface area (Å²) in [6.45, 7) is 3.23. The Balaban J connectivity index is 1.33. The third-order valence-electron chi connectivity index (χ3n) is 6.18. The third-order valence-corrected chi connectivity index (χ3v) is 6.18. The van der Waals surface area contributed by atoms with E-state index in [2.05, 4.69) is 48.7 Å². The Morgan fingerprint density at radius 1 is 1.29 bits per heavy atom. The van der Waals surface area contributed by atoms with Gasteiger partial charge in [0.25, 0.3) is 0 Å². The zero-order valence-electron chi connectivity index (χ0n) is 19.3. The SMILES string of the molecule is C/C=C(\C=NC)CC(=O)N1CC=C(c2cc3c(Nc4ccc5[nH]ncc5c4)ccnc3[nH]2)CC1. The standard InChI is InChI=1S/C26H27N7O/c1-3-17(15-27-2)12-25(34)33-10-7-18(8-11-33)24-14-21-23(6-9-28-26(21)31-24)30-20-4-5-22-19(13-20)16-29-32-22/h3-7,9,13-16H,8,10-12H2,1-2H3,(H,29,32)(H2,28,30,31)/b17-3-,27-15?. The summed E-state index contributed by atoms with van der Waals surface area (Å²) in [6, 6.07) is 10.2. The normalized spacial score (nSPS) is 14.8. The van der Waals surface area contributed by atoms with Crippen LogP contribution < -0.4 is 5.32 Å². The van der Waals surface area contributed by atoms with Crippen LogP contribution in [0.25, 0.3) is 27.5 Å². The number of amides is 1. The van der Waals surface area contributed by atoms with Crippen LogP contribution in [0, 0.1) is 0 Å². The third kappa shape index (κ3) is 4.34. The zero-order valence-corrected chi connectivity index (χ0v) is 19.3. The Bertz CT molecular complexity index is 1440. The maximum Gasteiger partial charge on any atom is 0.227 e. The number of carbonyl (C=O) groups excluding carboxylic acids is 1. The molecule has 0 fully saturated rings. The number of nitrogens with one attached hydrogen (secondary N) is 3. The molecule has 0 spiro atoms. The second-order valence-electron chi connectivity index (χ2n) is 8.35. The van der Waals surface area contributed by atoms with Crippen LogP contribution in [0.2, 0.25) is 0 Å². The molecule has 0 radical (unpaired) electrons. The van der Waals surface area contributed by atoms with E-state index in [0.717, 1.165) is 51.0 Å². The first kappa shape index (κ1) is 21.6. The van der Waals surface area contributed by atoms with Crippen LogP contribution in [-0.4, -0.2) is 57.3 Å². The topological polar surface area (TPSA) is 102 Å². The molecular weight excluding hydrogens is 426 g/mol. The second-order valence-corrected chi connectivity index (χ2v) is 8.35. The summed E-state index contributed by atoms with van der Waals surface area (Å²) in [5.41, 5.74) is 7.00. The van der Waals surface area contributed by atoms with Gasteiger partial charge in [0, 0.05) is 54.7 Å². The van der Waals surface area contributed by atoms with E-state index in [1.807, 2.05) is 42.3 Å². The Morgan fingerprint density at radius 3 is 3.00 bits per heavy atom. The first-order valence-corrected chi connectivity index (χ1v) is 11.4. The largest absolute Gasteiger partial charge is 0.355 e. The number of nitrogens with zero attached hydrogens (tertiary/aromatic N) is 4. The summed E-state index contributed by atoms with van der Waals surface area (Å²) < 4.78 is 0. The minimum atomic E-state index is 0.127. The smallest absolute Gasteiger partial charge is 0.227 e. The molecular formula is C26H27N7O. The summed E-state index contributed by atoms with van der Waals surface area (Å²) in [6.07, 6.45) is 10.6. The van der Waals surface area contributed by atoms with Gasteiger partial charge in [-0.15, -0.1) is 0 Å². The van der Waals surface area contributed by atoms with Gasteiger partial charge in [-0.1, -0.05) is 12.2 Å². The van der Waals surface area contributed by atoms with Gasteiger partial charge in [0.1, 0.15) is 5.65 Å². The van der Waals surface area contributed by atoms with Gasteiger partial charge in [0.05, 0.1) is 23.8 Å². The van der Waals surface area contributed by atoms with Gasteiger partial charge in [-0.05, 0) is 54.8 Å². The number of fused-ring (bicyclic) bond motifs is 2. The second kappa shape index (κ2) is 9.35. The molecule has 172 valence electrons. The zero-order chi connectivity index (χ0) is 23.5. The maximum absolute atomic E-state index is 12.7. The first-order chi connectivity index (χ1) is 16.6. The highest BCUT2D eigenvalue weighted by Crippen LogP contribution is 2.31. The number of aromatic nitrogens is 4. The van der Waals surface area contributed by atoms with Gasteiger partial charge in [0.15, 0.2) is 0 Å². The number of aliphatic imine (C=N–C) groups is 1. The molecule has 0 aliphatic carbocycles. The van der Waals surface area contributed by atoms with Crippen molar-refractivity contribution in [2.75, 3.05) is 25.5 Å². The molecule has 0 atom stereocenters. The van der Waals surface area contributed by atoms with Crippen molar-refractivity contribution in [1.29, 1.82) is 0 Å². The van der Waals surface area contributed by atoms with Crippen LogP contribution >= 0.6 is 0 Å². The first-order valence-electron chi connectivity index (χ1n) is 11.4. The monoisotopic (exact) mass is 453 g/mol. The van der Waals surface area contributed by atoms with E-state index in [1.54, 1.807) is 19.5 Å². The molecule has 8 heteroatoms. The minimum absolute atomic E-state index is 0.127. The van der Waals surface area contributed by atoms with Gasteiger partial charge in [-0.3, -0.25) is 14.9 Å². The molecule has 3 aromatic heterocycles. The summed E-state index contributed by atoms with van der Waals surface area (Å²) in [5.74, 6) is 0.127. The molecule has 34 heavy (non-hydrogen) atoms. The maximum atomic E-state index is 12.7. The lowest BCUT2D eigenvalue weighted by Gasteiger charge is -2.26. The molecule has 0 unspecified atom stereocenters. The number of allylic oxidation sites excluding steroid dienone is 1. The van der Waals surface area contributed by atoms with Crippen LogP contribution in [0.4, 0.5) is 11.4 Å². The van der Waals surface area contributed by atoms with Crippen molar-refractivity contribution in [2.24, 2.45) is 4.99 Å². The lowest BCUT2D eigenvalue weighted by molar-refractivity contribution is -0.129. The minimum Gasteiger partial charge on any atom is -0.355 e. The quantitative estimate of drug-likeness (QED) is 0.364. The number of hydrogen-bond acceptors (Lipinski definition) is 5. The number of hydrogen-bond donors (Lipinski definition) is 3. The molecule has 1 amide bonds. The number of carbonyl (C=O) groups is 1. The number of pyridine rings is 1. The van der Waals surface area contributed by atoms with E-state index in [1.165, 1.54) is 5.57 Å². The lowest BCUT2D eigenvalue weighted by atomic mass is 10.0. The number of rotatable bonds is 6. The van der Waals surface area contributed by atoms with Crippen molar-refractivity contribution in [2.45, 2.75) is 19.8 Å². The summed E-state index contributed by atoms with van der Waals surface area (Å²) in [4.78, 5) is 26.6. The highest BCUT2D eigenvalue weighted by molar-refractivity contribution is 5.95.